The van der Waals surface area contributed by atoms with E-state index in [9.17, 15) is 10.1 Å². The molecule has 0 N–H and O–H groups in total. The molecule has 1 unspecified atom stereocenters. The molecule has 1 aromatic carbocycles. The zero-order valence-corrected chi connectivity index (χ0v) is 9.99. The quantitative estimate of drug-likeness (QED) is 0.369. The average Bonchev–Trinajstić information content (AvgIpc) is 2.26. The molecule has 15 heavy (non-hydrogen) atoms. The first kappa shape index (κ1) is 12.0. The summed E-state index contributed by atoms with van der Waals surface area (Å²) in [4.78, 5) is 10.7. The van der Waals surface area contributed by atoms with Crippen LogP contribution in [-0.4, -0.2) is 15.5 Å². The lowest BCUT2D eigenvalue weighted by Crippen LogP contribution is -1.96. The van der Waals surface area contributed by atoms with Crippen LogP contribution in [0.15, 0.2) is 29.2 Å². The number of alkyl halides is 1. The van der Waals surface area contributed by atoms with Gasteiger partial charge in [-0.1, -0.05) is 15.9 Å². The molecule has 0 heterocycles. The van der Waals surface area contributed by atoms with Gasteiger partial charge >= 0.3 is 0 Å². The van der Waals surface area contributed by atoms with Crippen molar-refractivity contribution in [3.63, 3.8) is 0 Å². The van der Waals surface area contributed by atoms with Crippen LogP contribution < -0.4 is 0 Å². The molecule has 0 aliphatic heterocycles. The Morgan fingerprint density at radius 1 is 1.53 bits per heavy atom. The molecule has 0 saturated heterocycles. The highest BCUT2D eigenvalue weighted by Crippen LogP contribution is 2.23. The summed E-state index contributed by atoms with van der Waals surface area (Å²) < 4.78 is 0. The standard InChI is InChI=1S/C9H7BrN2O2S/c10-7(5-11)6-15-9-3-1-8(2-4-9)12(13)14/h1-4,7H,6H2. The fourth-order valence-corrected chi connectivity index (χ4v) is 2.01. The van der Waals surface area contributed by atoms with Crippen molar-refractivity contribution in [2.45, 2.75) is 9.72 Å². The molecule has 0 aromatic heterocycles. The molecule has 1 rings (SSSR count). The molecule has 4 nitrogen and oxygen atoms in total. The molecular weight excluding hydrogens is 280 g/mol. The number of halogens is 1. The van der Waals surface area contributed by atoms with E-state index in [0.717, 1.165) is 4.90 Å². The van der Waals surface area contributed by atoms with Crippen molar-refractivity contribution < 1.29 is 4.92 Å². The number of nitro groups is 1. The van der Waals surface area contributed by atoms with Crippen LogP contribution >= 0.6 is 27.7 Å². The van der Waals surface area contributed by atoms with Gasteiger partial charge < -0.3 is 0 Å². The van der Waals surface area contributed by atoms with Gasteiger partial charge in [-0.2, -0.15) is 5.26 Å². The van der Waals surface area contributed by atoms with Crippen LogP contribution in [0.4, 0.5) is 5.69 Å². The van der Waals surface area contributed by atoms with E-state index in [1.165, 1.54) is 23.9 Å². The molecule has 1 atom stereocenters. The number of benzene rings is 1. The van der Waals surface area contributed by atoms with Gasteiger partial charge in [0.25, 0.3) is 5.69 Å². The van der Waals surface area contributed by atoms with Crippen molar-refractivity contribution in [1.82, 2.24) is 0 Å². The highest BCUT2D eigenvalue weighted by molar-refractivity contribution is 9.09. The first-order chi connectivity index (χ1) is 7.13. The monoisotopic (exact) mass is 286 g/mol. The van der Waals surface area contributed by atoms with Crippen molar-refractivity contribution >= 4 is 33.4 Å². The summed E-state index contributed by atoms with van der Waals surface area (Å²) in [7, 11) is 0. The molecule has 1 aromatic rings. The Balaban J connectivity index is 2.58. The second kappa shape index (κ2) is 5.73. The summed E-state index contributed by atoms with van der Waals surface area (Å²) in [5.74, 6) is 0.619. The third-order valence-electron chi connectivity index (χ3n) is 1.58. The first-order valence-electron chi connectivity index (χ1n) is 4.04. The largest absolute Gasteiger partial charge is 0.269 e. The van der Waals surface area contributed by atoms with Crippen LogP contribution in [-0.2, 0) is 0 Å². The maximum absolute atomic E-state index is 10.4. The molecule has 0 aliphatic rings. The molecule has 78 valence electrons. The molecule has 0 amide bonds. The van der Waals surface area contributed by atoms with E-state index in [1.54, 1.807) is 12.1 Å². The van der Waals surface area contributed by atoms with Gasteiger partial charge in [0.2, 0.25) is 0 Å². The molecular formula is C9H7BrN2O2S. The normalized spacial score (nSPS) is 11.7. The van der Waals surface area contributed by atoms with Gasteiger partial charge in [-0.15, -0.1) is 11.8 Å². The maximum Gasteiger partial charge on any atom is 0.269 e. The number of hydrogen-bond donors (Lipinski definition) is 0. The third-order valence-corrected chi connectivity index (χ3v) is 3.65. The maximum atomic E-state index is 10.4. The van der Waals surface area contributed by atoms with Crippen molar-refractivity contribution in [3.05, 3.63) is 34.4 Å². The van der Waals surface area contributed by atoms with Gasteiger partial charge in [0.1, 0.15) is 4.83 Å². The lowest BCUT2D eigenvalue weighted by Gasteiger charge is -2.00. The lowest BCUT2D eigenvalue weighted by atomic mass is 10.3. The minimum absolute atomic E-state index is 0.0787. The predicted molar refractivity (Wildman–Crippen MR) is 62.1 cm³/mol. The highest BCUT2D eigenvalue weighted by atomic mass is 79.9. The van der Waals surface area contributed by atoms with E-state index in [4.69, 9.17) is 5.26 Å². The summed E-state index contributed by atoms with van der Waals surface area (Å²) >= 11 is 4.66. The van der Waals surface area contributed by atoms with Gasteiger partial charge in [0.15, 0.2) is 0 Å². The second-order valence-electron chi connectivity index (χ2n) is 2.66. The number of hydrogen-bond acceptors (Lipinski definition) is 4. The predicted octanol–water partition coefficient (Wildman–Crippen LogP) is 2.97. The lowest BCUT2D eigenvalue weighted by molar-refractivity contribution is -0.384. The molecule has 0 radical (unpaired) electrons. The number of nitriles is 1. The topological polar surface area (TPSA) is 66.9 Å². The SMILES string of the molecule is N#CC(Br)CSc1ccc([N+](=O)[O-])cc1. The number of nitrogens with zero attached hydrogens (tertiary/aromatic N) is 2. The minimum atomic E-state index is -0.434. The van der Waals surface area contributed by atoms with Gasteiger partial charge in [0, 0.05) is 22.8 Å². The molecule has 0 spiro atoms. The Morgan fingerprint density at radius 2 is 2.13 bits per heavy atom. The van der Waals surface area contributed by atoms with Crippen LogP contribution in [0.5, 0.6) is 0 Å². The van der Waals surface area contributed by atoms with E-state index in [0.29, 0.717) is 5.75 Å². The number of thioether (sulfide) groups is 1. The van der Waals surface area contributed by atoms with E-state index < -0.39 is 4.92 Å². The van der Waals surface area contributed by atoms with Crippen molar-refractivity contribution in [1.29, 1.82) is 5.26 Å². The fourth-order valence-electron chi connectivity index (χ4n) is 0.871. The third kappa shape index (κ3) is 3.90. The molecule has 0 saturated carbocycles. The van der Waals surface area contributed by atoms with Crippen LogP contribution in [0, 0.1) is 21.4 Å². The van der Waals surface area contributed by atoms with Crippen LogP contribution in [0.1, 0.15) is 0 Å². The van der Waals surface area contributed by atoms with Crippen LogP contribution in [0.2, 0.25) is 0 Å². The van der Waals surface area contributed by atoms with Crippen molar-refractivity contribution in [3.8, 4) is 6.07 Å². The van der Waals surface area contributed by atoms with Crippen LogP contribution in [0.3, 0.4) is 0 Å². The Morgan fingerprint density at radius 3 is 2.60 bits per heavy atom. The van der Waals surface area contributed by atoms with Crippen molar-refractivity contribution in [2.75, 3.05) is 5.75 Å². The number of non-ortho nitro benzene ring substituents is 1. The summed E-state index contributed by atoms with van der Waals surface area (Å²) in [5, 5.41) is 18.9. The smallest absolute Gasteiger partial charge is 0.258 e. The highest BCUT2D eigenvalue weighted by Gasteiger charge is 2.06. The zero-order chi connectivity index (χ0) is 11.3. The summed E-state index contributed by atoms with van der Waals surface area (Å²) in [6.07, 6.45) is 0. The van der Waals surface area contributed by atoms with E-state index in [-0.39, 0.29) is 10.5 Å². The average molecular weight is 287 g/mol. The Kier molecular flexibility index (Phi) is 4.59. The minimum Gasteiger partial charge on any atom is -0.258 e. The van der Waals surface area contributed by atoms with Gasteiger partial charge in [-0.25, -0.2) is 0 Å². The molecule has 0 bridgehead atoms. The van der Waals surface area contributed by atoms with E-state index in [1.807, 2.05) is 0 Å². The zero-order valence-electron chi connectivity index (χ0n) is 7.59. The molecule has 6 heteroatoms. The van der Waals surface area contributed by atoms with Gasteiger partial charge in [-0.05, 0) is 12.1 Å². The van der Waals surface area contributed by atoms with E-state index >= 15 is 0 Å². The van der Waals surface area contributed by atoms with E-state index in [2.05, 4.69) is 22.0 Å². The first-order valence-corrected chi connectivity index (χ1v) is 5.94. The van der Waals surface area contributed by atoms with Crippen LogP contribution in [0.25, 0.3) is 0 Å². The molecule has 0 aliphatic carbocycles. The Labute approximate surface area is 99.6 Å². The molecule has 0 fully saturated rings. The Bertz CT molecular complexity index is 388. The van der Waals surface area contributed by atoms with Gasteiger partial charge in [-0.3, -0.25) is 10.1 Å². The summed E-state index contributed by atoms with van der Waals surface area (Å²) in [5.41, 5.74) is 0.0787. The summed E-state index contributed by atoms with van der Waals surface area (Å²) in [6, 6.07) is 8.33. The second-order valence-corrected chi connectivity index (χ2v) is 4.86. The number of rotatable bonds is 4. The fraction of sp³-hybridized carbons (Fsp3) is 0.222. The van der Waals surface area contributed by atoms with Crippen molar-refractivity contribution in [2.24, 2.45) is 0 Å². The number of nitro benzene ring substituents is 1. The summed E-state index contributed by atoms with van der Waals surface area (Å²) in [6.45, 7) is 0. The van der Waals surface area contributed by atoms with Gasteiger partial charge in [0.05, 0.1) is 11.0 Å². The Hall–Kier alpha value is -1.06.